The van der Waals surface area contributed by atoms with Gasteiger partial charge in [-0.1, -0.05) is 30.3 Å². The molecule has 0 spiro atoms. The van der Waals surface area contributed by atoms with Gasteiger partial charge in [0.1, 0.15) is 5.82 Å². The van der Waals surface area contributed by atoms with Gasteiger partial charge in [0.2, 0.25) is 5.91 Å². The van der Waals surface area contributed by atoms with Crippen LogP contribution in [0.4, 0.5) is 10.1 Å². The SMILES string of the molecule is NC(=O)c1ccccc1NC(=O)CSCc1ccccc1F. The van der Waals surface area contributed by atoms with Crippen LogP contribution in [0.5, 0.6) is 0 Å². The van der Waals surface area contributed by atoms with Crippen molar-refractivity contribution >= 4 is 29.3 Å². The van der Waals surface area contributed by atoms with Crippen molar-refractivity contribution in [3.63, 3.8) is 0 Å². The van der Waals surface area contributed by atoms with E-state index in [2.05, 4.69) is 5.32 Å². The fraction of sp³-hybridized carbons (Fsp3) is 0.125. The van der Waals surface area contributed by atoms with Crippen LogP contribution in [0, 0.1) is 5.82 Å². The largest absolute Gasteiger partial charge is 0.366 e. The van der Waals surface area contributed by atoms with Crippen molar-refractivity contribution in [2.45, 2.75) is 5.75 Å². The molecule has 0 fully saturated rings. The molecular formula is C16H15FN2O2S. The van der Waals surface area contributed by atoms with Crippen molar-refractivity contribution in [1.29, 1.82) is 0 Å². The molecule has 0 aliphatic heterocycles. The molecule has 3 N–H and O–H groups in total. The van der Waals surface area contributed by atoms with Gasteiger partial charge in [-0.15, -0.1) is 11.8 Å². The number of anilines is 1. The van der Waals surface area contributed by atoms with Gasteiger partial charge in [0.05, 0.1) is 17.0 Å². The van der Waals surface area contributed by atoms with Crippen molar-refractivity contribution in [2.75, 3.05) is 11.1 Å². The number of nitrogens with one attached hydrogen (secondary N) is 1. The van der Waals surface area contributed by atoms with Gasteiger partial charge in [-0.25, -0.2) is 4.39 Å². The number of carbonyl (C=O) groups excluding carboxylic acids is 2. The lowest BCUT2D eigenvalue weighted by Crippen LogP contribution is -2.19. The van der Waals surface area contributed by atoms with Gasteiger partial charge in [0.15, 0.2) is 0 Å². The molecule has 0 heterocycles. The van der Waals surface area contributed by atoms with Crippen LogP contribution in [0.25, 0.3) is 0 Å². The van der Waals surface area contributed by atoms with E-state index in [0.717, 1.165) is 0 Å². The van der Waals surface area contributed by atoms with Gasteiger partial charge >= 0.3 is 0 Å². The summed E-state index contributed by atoms with van der Waals surface area (Å²) < 4.78 is 13.4. The predicted molar refractivity (Wildman–Crippen MR) is 86.2 cm³/mol. The maximum atomic E-state index is 13.4. The number of benzene rings is 2. The van der Waals surface area contributed by atoms with Crippen molar-refractivity contribution in [2.24, 2.45) is 5.73 Å². The molecule has 2 aromatic rings. The van der Waals surface area contributed by atoms with Gasteiger partial charge < -0.3 is 11.1 Å². The number of nitrogens with two attached hydrogens (primary N) is 1. The summed E-state index contributed by atoms with van der Waals surface area (Å²) in [4.78, 5) is 23.1. The number of primary amides is 1. The van der Waals surface area contributed by atoms with Crippen LogP contribution in [0.1, 0.15) is 15.9 Å². The lowest BCUT2D eigenvalue weighted by Gasteiger charge is -2.08. The van der Waals surface area contributed by atoms with Crippen LogP contribution in [-0.4, -0.2) is 17.6 Å². The van der Waals surface area contributed by atoms with E-state index in [0.29, 0.717) is 17.0 Å². The highest BCUT2D eigenvalue weighted by Crippen LogP contribution is 2.17. The summed E-state index contributed by atoms with van der Waals surface area (Å²) in [5.41, 5.74) is 6.44. The van der Waals surface area contributed by atoms with Crippen LogP contribution < -0.4 is 11.1 Å². The Kier molecular flexibility index (Phi) is 5.55. The molecule has 4 nitrogen and oxygen atoms in total. The lowest BCUT2D eigenvalue weighted by molar-refractivity contribution is -0.113. The zero-order chi connectivity index (χ0) is 15.9. The third kappa shape index (κ3) is 4.33. The molecular weight excluding hydrogens is 303 g/mol. The summed E-state index contributed by atoms with van der Waals surface area (Å²) in [7, 11) is 0. The van der Waals surface area contributed by atoms with Gasteiger partial charge in [0, 0.05) is 5.75 Å². The molecule has 0 aromatic heterocycles. The molecule has 2 amide bonds. The van der Waals surface area contributed by atoms with Crippen molar-refractivity contribution in [1.82, 2.24) is 0 Å². The quantitative estimate of drug-likeness (QED) is 0.860. The fourth-order valence-electron chi connectivity index (χ4n) is 1.86. The van der Waals surface area contributed by atoms with E-state index in [9.17, 15) is 14.0 Å². The highest BCUT2D eigenvalue weighted by atomic mass is 32.2. The Balaban J connectivity index is 1.89. The number of rotatable bonds is 6. The van der Waals surface area contributed by atoms with Crippen LogP contribution in [0.3, 0.4) is 0 Å². The number of thioether (sulfide) groups is 1. The number of amides is 2. The third-order valence-electron chi connectivity index (χ3n) is 2.92. The monoisotopic (exact) mass is 318 g/mol. The van der Waals surface area contributed by atoms with Gasteiger partial charge in [0.25, 0.3) is 5.91 Å². The molecule has 2 rings (SSSR count). The number of hydrogen-bond acceptors (Lipinski definition) is 3. The highest BCUT2D eigenvalue weighted by Gasteiger charge is 2.10. The Hall–Kier alpha value is -2.34. The van der Waals surface area contributed by atoms with E-state index in [1.165, 1.54) is 17.8 Å². The molecule has 114 valence electrons. The molecule has 0 unspecified atom stereocenters. The topological polar surface area (TPSA) is 72.2 Å². The van der Waals surface area contributed by atoms with Crippen LogP contribution in [-0.2, 0) is 10.5 Å². The Bertz CT molecular complexity index is 691. The first kappa shape index (κ1) is 16.0. The Labute approximate surface area is 131 Å². The van der Waals surface area contributed by atoms with Crippen molar-refractivity contribution in [3.8, 4) is 0 Å². The van der Waals surface area contributed by atoms with Crippen LogP contribution in [0.2, 0.25) is 0 Å². The molecule has 2 aromatic carbocycles. The normalized spacial score (nSPS) is 10.2. The molecule has 0 aliphatic carbocycles. The summed E-state index contributed by atoms with van der Waals surface area (Å²) in [6, 6.07) is 13.0. The number of para-hydroxylation sites is 1. The smallest absolute Gasteiger partial charge is 0.250 e. The Morgan fingerprint density at radius 2 is 1.77 bits per heavy atom. The van der Waals surface area contributed by atoms with Gasteiger partial charge in [-0.3, -0.25) is 9.59 Å². The minimum absolute atomic E-state index is 0.154. The molecule has 0 bridgehead atoms. The number of halogens is 1. The minimum atomic E-state index is -0.602. The molecule has 0 saturated heterocycles. The fourth-order valence-corrected chi connectivity index (χ4v) is 2.68. The predicted octanol–water partition coefficient (Wildman–Crippen LogP) is 2.80. The van der Waals surface area contributed by atoms with E-state index in [-0.39, 0.29) is 23.0 Å². The first-order valence-corrected chi connectivity index (χ1v) is 7.73. The highest BCUT2D eigenvalue weighted by molar-refractivity contribution is 7.99. The van der Waals surface area contributed by atoms with E-state index in [1.807, 2.05) is 0 Å². The maximum absolute atomic E-state index is 13.4. The maximum Gasteiger partial charge on any atom is 0.250 e. The molecule has 6 heteroatoms. The molecule has 0 radical (unpaired) electrons. The first-order valence-electron chi connectivity index (χ1n) is 6.58. The van der Waals surface area contributed by atoms with E-state index < -0.39 is 5.91 Å². The second-order valence-electron chi connectivity index (χ2n) is 4.54. The van der Waals surface area contributed by atoms with E-state index in [1.54, 1.807) is 42.5 Å². The first-order chi connectivity index (χ1) is 10.6. The average Bonchev–Trinajstić information content (AvgIpc) is 2.49. The second-order valence-corrected chi connectivity index (χ2v) is 5.53. The summed E-state index contributed by atoms with van der Waals surface area (Å²) in [5.74, 6) is -0.599. The van der Waals surface area contributed by atoms with Gasteiger partial charge in [-0.2, -0.15) is 0 Å². The van der Waals surface area contributed by atoms with Crippen molar-refractivity contribution in [3.05, 3.63) is 65.5 Å². The van der Waals surface area contributed by atoms with E-state index in [4.69, 9.17) is 5.73 Å². The van der Waals surface area contributed by atoms with Crippen LogP contribution in [0.15, 0.2) is 48.5 Å². The zero-order valence-electron chi connectivity index (χ0n) is 11.7. The van der Waals surface area contributed by atoms with Gasteiger partial charge in [-0.05, 0) is 23.8 Å². The standard InChI is InChI=1S/C16H15FN2O2S/c17-13-7-3-1-5-11(13)9-22-10-15(20)19-14-8-4-2-6-12(14)16(18)21/h1-8H,9-10H2,(H2,18,21)(H,19,20). The summed E-state index contributed by atoms with van der Waals surface area (Å²) in [5, 5.41) is 2.64. The third-order valence-corrected chi connectivity index (χ3v) is 3.90. The van der Waals surface area contributed by atoms with E-state index >= 15 is 0 Å². The summed E-state index contributed by atoms with van der Waals surface area (Å²) >= 11 is 1.29. The lowest BCUT2D eigenvalue weighted by atomic mass is 10.1. The Morgan fingerprint density at radius 1 is 1.09 bits per heavy atom. The summed E-state index contributed by atoms with van der Waals surface area (Å²) in [6.45, 7) is 0. The zero-order valence-corrected chi connectivity index (χ0v) is 12.5. The minimum Gasteiger partial charge on any atom is -0.366 e. The molecule has 0 aliphatic rings. The number of hydrogen-bond donors (Lipinski definition) is 2. The van der Waals surface area contributed by atoms with Crippen LogP contribution >= 0.6 is 11.8 Å². The van der Waals surface area contributed by atoms with Crippen molar-refractivity contribution < 1.29 is 14.0 Å². The Morgan fingerprint density at radius 3 is 2.50 bits per heavy atom. The number of carbonyl (C=O) groups is 2. The second kappa shape index (κ2) is 7.61. The molecule has 0 saturated carbocycles. The average molecular weight is 318 g/mol. The molecule has 22 heavy (non-hydrogen) atoms. The molecule has 0 atom stereocenters. The summed E-state index contributed by atoms with van der Waals surface area (Å²) in [6.07, 6.45) is 0.